The Kier molecular flexibility index (Phi) is 6.59. The summed E-state index contributed by atoms with van der Waals surface area (Å²) in [6.07, 6.45) is 4.07. The number of piperidine rings is 1. The number of aliphatic carboxylic acids is 1. The van der Waals surface area contributed by atoms with Crippen LogP contribution in [-0.4, -0.2) is 35.6 Å². The first kappa shape index (κ1) is 12.1. The third kappa shape index (κ3) is 4.84. The number of carboxylic acid groups (broad SMARTS) is 1. The van der Waals surface area contributed by atoms with Crippen LogP contribution in [0.2, 0.25) is 0 Å². The molecule has 0 unspecified atom stereocenters. The molecule has 0 bridgehead atoms. The summed E-state index contributed by atoms with van der Waals surface area (Å²) in [5.74, 6) is -0.685. The second kappa shape index (κ2) is 6.56. The fraction of sp³-hybridized carbons (Fsp3) is 0.875. The van der Waals surface area contributed by atoms with Crippen molar-refractivity contribution in [2.45, 2.75) is 25.7 Å². The number of carboxylic acids is 1. The van der Waals surface area contributed by atoms with Crippen LogP contribution in [0, 0.1) is 0 Å². The van der Waals surface area contributed by atoms with E-state index < -0.39 is 5.97 Å². The maximum absolute atomic E-state index is 10.2. The summed E-state index contributed by atoms with van der Waals surface area (Å²) in [5, 5.41) is 8.42. The van der Waals surface area contributed by atoms with Gasteiger partial charge in [0.2, 0.25) is 0 Å². The number of likely N-dealkylation sites (tertiary alicyclic amines) is 1. The third-order valence-electron chi connectivity index (χ3n) is 2.09. The van der Waals surface area contributed by atoms with Crippen molar-refractivity contribution in [2.24, 2.45) is 0 Å². The molecule has 0 atom stereocenters. The van der Waals surface area contributed by atoms with Crippen LogP contribution in [0.5, 0.6) is 0 Å². The molecule has 1 heterocycles. The van der Waals surface area contributed by atoms with E-state index in [1.54, 1.807) is 0 Å². The van der Waals surface area contributed by atoms with Gasteiger partial charge in [-0.3, -0.25) is 4.79 Å². The smallest absolute Gasteiger partial charge is 0.304 e. The van der Waals surface area contributed by atoms with Crippen LogP contribution in [0.3, 0.4) is 0 Å². The van der Waals surface area contributed by atoms with Crippen molar-refractivity contribution < 1.29 is 29.4 Å². The summed E-state index contributed by atoms with van der Waals surface area (Å²) in [4.78, 5) is 12.4. The molecule has 0 spiro atoms. The Bertz CT molecular complexity index is 135. The summed E-state index contributed by atoms with van der Waals surface area (Å²) < 4.78 is 0. The van der Waals surface area contributed by atoms with Gasteiger partial charge in [-0.2, -0.15) is 0 Å². The molecule has 1 rings (SSSR count). The molecular weight excluding hydrogens is 207 g/mol. The molecule has 1 saturated heterocycles. The van der Waals surface area contributed by atoms with Gasteiger partial charge in [0.25, 0.3) is 0 Å². The Hall–Kier alpha value is 0.0534. The van der Waals surface area contributed by atoms with Gasteiger partial charge in [0.1, 0.15) is 0 Å². The first-order valence-electron chi connectivity index (χ1n) is 4.23. The molecule has 0 aromatic rings. The van der Waals surface area contributed by atoms with Crippen LogP contribution in [0.4, 0.5) is 0 Å². The summed E-state index contributed by atoms with van der Waals surface area (Å²) in [7, 11) is 0. The van der Waals surface area contributed by atoms with Gasteiger partial charge in [0.05, 0.1) is 6.42 Å². The summed E-state index contributed by atoms with van der Waals surface area (Å²) >= 11 is 0. The minimum atomic E-state index is -0.685. The molecule has 1 N–H and O–H groups in total. The number of carbonyl (C=O) groups is 1. The van der Waals surface area contributed by atoms with E-state index in [-0.39, 0.29) is 19.5 Å². The van der Waals surface area contributed by atoms with Gasteiger partial charge < -0.3 is 10.0 Å². The SMILES string of the molecule is O=C(O)CCN1CCCCC1.[Zn]. The zero-order valence-electron chi connectivity index (χ0n) is 7.46. The average Bonchev–Trinajstić information content (AvgIpc) is 2.03. The average molecular weight is 223 g/mol. The Morgan fingerprint density at radius 1 is 1.25 bits per heavy atom. The van der Waals surface area contributed by atoms with E-state index >= 15 is 0 Å². The number of hydrogen-bond acceptors (Lipinski definition) is 2. The zero-order chi connectivity index (χ0) is 8.10. The first-order chi connectivity index (χ1) is 5.29. The Morgan fingerprint density at radius 2 is 1.83 bits per heavy atom. The summed E-state index contributed by atoms with van der Waals surface area (Å²) in [6.45, 7) is 2.91. The molecule has 12 heavy (non-hydrogen) atoms. The van der Waals surface area contributed by atoms with Crippen LogP contribution >= 0.6 is 0 Å². The van der Waals surface area contributed by atoms with E-state index in [0.29, 0.717) is 6.42 Å². The molecule has 0 amide bonds. The molecule has 1 aliphatic heterocycles. The third-order valence-corrected chi connectivity index (χ3v) is 2.09. The molecular formula is C8H15NO2Zn. The van der Waals surface area contributed by atoms with E-state index in [4.69, 9.17) is 5.11 Å². The second-order valence-electron chi connectivity index (χ2n) is 3.05. The standard InChI is InChI=1S/C8H15NO2.Zn/c10-8(11)4-7-9-5-2-1-3-6-9;/h1-7H2,(H,10,11);. The number of hydrogen-bond donors (Lipinski definition) is 1. The minimum Gasteiger partial charge on any atom is -0.481 e. The summed E-state index contributed by atoms with van der Waals surface area (Å²) in [6, 6.07) is 0. The Balaban J connectivity index is 0.00000121. The van der Waals surface area contributed by atoms with Gasteiger partial charge in [-0.05, 0) is 25.9 Å². The Morgan fingerprint density at radius 3 is 2.33 bits per heavy atom. The minimum absolute atomic E-state index is 0. The molecule has 0 aliphatic carbocycles. The quantitative estimate of drug-likeness (QED) is 0.723. The summed E-state index contributed by atoms with van der Waals surface area (Å²) in [5.41, 5.74) is 0. The van der Waals surface area contributed by atoms with Crippen LogP contribution in [-0.2, 0) is 24.3 Å². The normalized spacial score (nSPS) is 18.3. The molecule has 0 aromatic heterocycles. The fourth-order valence-electron chi connectivity index (χ4n) is 1.44. The van der Waals surface area contributed by atoms with E-state index in [1.165, 1.54) is 19.3 Å². The molecule has 4 heteroatoms. The van der Waals surface area contributed by atoms with Crippen LogP contribution < -0.4 is 0 Å². The van der Waals surface area contributed by atoms with E-state index in [2.05, 4.69) is 4.90 Å². The second-order valence-corrected chi connectivity index (χ2v) is 3.05. The van der Waals surface area contributed by atoms with Crippen molar-refractivity contribution in [3.05, 3.63) is 0 Å². The van der Waals surface area contributed by atoms with E-state index in [9.17, 15) is 4.79 Å². The molecule has 0 saturated carbocycles. The number of rotatable bonds is 3. The van der Waals surface area contributed by atoms with E-state index in [1.807, 2.05) is 0 Å². The molecule has 66 valence electrons. The topological polar surface area (TPSA) is 40.5 Å². The molecule has 0 aromatic carbocycles. The monoisotopic (exact) mass is 221 g/mol. The number of nitrogens with zero attached hydrogens (tertiary/aromatic N) is 1. The van der Waals surface area contributed by atoms with Crippen molar-refractivity contribution in [1.82, 2.24) is 4.90 Å². The first-order valence-corrected chi connectivity index (χ1v) is 4.23. The van der Waals surface area contributed by atoms with Crippen LogP contribution in [0.1, 0.15) is 25.7 Å². The largest absolute Gasteiger partial charge is 0.481 e. The van der Waals surface area contributed by atoms with Crippen molar-refractivity contribution in [2.75, 3.05) is 19.6 Å². The van der Waals surface area contributed by atoms with Gasteiger partial charge in [-0.15, -0.1) is 0 Å². The molecule has 0 radical (unpaired) electrons. The Labute approximate surface area is 85.9 Å². The van der Waals surface area contributed by atoms with Crippen LogP contribution in [0.25, 0.3) is 0 Å². The van der Waals surface area contributed by atoms with Gasteiger partial charge in [-0.25, -0.2) is 0 Å². The van der Waals surface area contributed by atoms with Crippen LogP contribution in [0.15, 0.2) is 0 Å². The van der Waals surface area contributed by atoms with Gasteiger partial charge >= 0.3 is 5.97 Å². The van der Waals surface area contributed by atoms with E-state index in [0.717, 1.165) is 19.6 Å². The van der Waals surface area contributed by atoms with Crippen molar-refractivity contribution in [3.63, 3.8) is 0 Å². The van der Waals surface area contributed by atoms with Gasteiger partial charge in [0, 0.05) is 26.0 Å². The molecule has 1 aliphatic rings. The van der Waals surface area contributed by atoms with Crippen molar-refractivity contribution in [1.29, 1.82) is 0 Å². The molecule has 1 fully saturated rings. The maximum atomic E-state index is 10.2. The maximum Gasteiger partial charge on any atom is 0.304 e. The van der Waals surface area contributed by atoms with Crippen molar-refractivity contribution >= 4 is 5.97 Å². The van der Waals surface area contributed by atoms with Gasteiger partial charge in [0.15, 0.2) is 0 Å². The zero-order valence-corrected chi connectivity index (χ0v) is 10.4. The van der Waals surface area contributed by atoms with Crippen molar-refractivity contribution in [3.8, 4) is 0 Å². The predicted octanol–water partition coefficient (Wildman–Crippen LogP) is 0.944. The predicted molar refractivity (Wildman–Crippen MR) is 42.5 cm³/mol. The molecule has 3 nitrogen and oxygen atoms in total. The van der Waals surface area contributed by atoms with Gasteiger partial charge in [-0.1, -0.05) is 6.42 Å². The fourth-order valence-corrected chi connectivity index (χ4v) is 1.44.